The first-order valence-corrected chi connectivity index (χ1v) is 8.80. The molecule has 2 aromatic rings. The van der Waals surface area contributed by atoms with Crippen molar-refractivity contribution in [3.8, 4) is 0 Å². The zero-order valence-electron chi connectivity index (χ0n) is 14.3. The van der Waals surface area contributed by atoms with Crippen LogP contribution >= 0.6 is 0 Å². The third kappa shape index (κ3) is 4.89. The fourth-order valence-electron chi connectivity index (χ4n) is 3.06. The molecule has 0 aliphatic carbocycles. The zero-order chi connectivity index (χ0) is 17.5. The van der Waals surface area contributed by atoms with Gasteiger partial charge in [0.05, 0.1) is 0 Å². The Hall–Kier alpha value is -2.69. The number of piperidine rings is 1. The molecule has 2 heterocycles. The Bertz CT molecular complexity index is 725. The van der Waals surface area contributed by atoms with E-state index in [9.17, 15) is 9.59 Å². The van der Waals surface area contributed by atoms with Crippen LogP contribution < -0.4 is 10.2 Å². The Morgan fingerprint density at radius 3 is 2.64 bits per heavy atom. The zero-order valence-corrected chi connectivity index (χ0v) is 14.3. The average molecular weight is 337 g/mol. The number of ketones is 1. The van der Waals surface area contributed by atoms with E-state index in [-0.39, 0.29) is 24.5 Å². The number of hydrogen-bond donors (Lipinski definition) is 1. The van der Waals surface area contributed by atoms with Gasteiger partial charge in [-0.1, -0.05) is 6.07 Å². The maximum absolute atomic E-state index is 12.1. The van der Waals surface area contributed by atoms with Crippen molar-refractivity contribution < 1.29 is 9.59 Å². The number of pyridine rings is 1. The van der Waals surface area contributed by atoms with Gasteiger partial charge in [0.15, 0.2) is 5.78 Å². The van der Waals surface area contributed by atoms with Gasteiger partial charge in [0.2, 0.25) is 5.91 Å². The molecule has 0 unspecified atom stereocenters. The van der Waals surface area contributed by atoms with Gasteiger partial charge in [-0.2, -0.15) is 0 Å². The molecular formula is C20H23N3O2. The van der Waals surface area contributed by atoms with Crippen LogP contribution in [0.4, 0.5) is 11.4 Å². The van der Waals surface area contributed by atoms with Crippen molar-refractivity contribution in [3.05, 3.63) is 54.4 Å². The van der Waals surface area contributed by atoms with Gasteiger partial charge >= 0.3 is 0 Å². The molecule has 1 aromatic heterocycles. The van der Waals surface area contributed by atoms with E-state index in [0.29, 0.717) is 5.56 Å². The molecule has 25 heavy (non-hydrogen) atoms. The number of aromatic nitrogens is 1. The number of nitrogens with one attached hydrogen (secondary N) is 1. The highest BCUT2D eigenvalue weighted by Gasteiger charge is 2.13. The molecule has 0 radical (unpaired) electrons. The molecule has 0 saturated carbocycles. The second-order valence-electron chi connectivity index (χ2n) is 6.31. The van der Waals surface area contributed by atoms with Gasteiger partial charge in [0.25, 0.3) is 0 Å². The van der Waals surface area contributed by atoms with Gasteiger partial charge in [0, 0.05) is 55.3 Å². The summed E-state index contributed by atoms with van der Waals surface area (Å²) in [5.74, 6) is -0.210. The number of amides is 1. The fraction of sp³-hybridized carbons (Fsp3) is 0.350. The van der Waals surface area contributed by atoms with Gasteiger partial charge in [0.1, 0.15) is 0 Å². The summed E-state index contributed by atoms with van der Waals surface area (Å²) in [4.78, 5) is 30.5. The minimum Gasteiger partial charge on any atom is -0.371 e. The van der Waals surface area contributed by atoms with Gasteiger partial charge in [-0.3, -0.25) is 14.6 Å². The molecule has 0 spiro atoms. The molecule has 130 valence electrons. The molecular weight excluding hydrogens is 314 g/mol. The Morgan fingerprint density at radius 2 is 1.88 bits per heavy atom. The molecule has 0 atom stereocenters. The second-order valence-corrected chi connectivity index (χ2v) is 6.31. The first-order valence-electron chi connectivity index (χ1n) is 8.80. The van der Waals surface area contributed by atoms with E-state index < -0.39 is 0 Å². The largest absolute Gasteiger partial charge is 0.371 e. The number of carbonyl (C=O) groups excluding carboxylic acids is 2. The molecule has 1 aliphatic rings. The Balaban J connectivity index is 1.53. The predicted molar refractivity (Wildman–Crippen MR) is 98.9 cm³/mol. The molecule has 1 amide bonds. The van der Waals surface area contributed by atoms with Crippen molar-refractivity contribution in [2.45, 2.75) is 32.1 Å². The summed E-state index contributed by atoms with van der Waals surface area (Å²) in [6.45, 7) is 2.13. The van der Waals surface area contributed by atoms with Crippen LogP contribution in [0.1, 0.15) is 42.5 Å². The van der Waals surface area contributed by atoms with Crippen molar-refractivity contribution in [3.63, 3.8) is 0 Å². The van der Waals surface area contributed by atoms with Crippen LogP contribution in [0.15, 0.2) is 48.8 Å². The van der Waals surface area contributed by atoms with E-state index in [1.807, 2.05) is 18.2 Å². The summed E-state index contributed by atoms with van der Waals surface area (Å²) < 4.78 is 0. The molecule has 1 aliphatic heterocycles. The minimum atomic E-state index is -0.145. The predicted octanol–water partition coefficient (Wildman–Crippen LogP) is 3.67. The number of benzene rings is 1. The topological polar surface area (TPSA) is 62.3 Å². The number of Topliss-reactive ketones (excluding diaryl/α,β-unsaturated/α-hetero) is 1. The lowest BCUT2D eigenvalue weighted by atomic mass is 10.1. The van der Waals surface area contributed by atoms with E-state index in [4.69, 9.17) is 0 Å². The van der Waals surface area contributed by atoms with Crippen LogP contribution in [0, 0.1) is 0 Å². The van der Waals surface area contributed by atoms with Crippen LogP contribution in [-0.4, -0.2) is 29.8 Å². The molecule has 3 rings (SSSR count). The van der Waals surface area contributed by atoms with Crippen molar-refractivity contribution in [2.75, 3.05) is 23.3 Å². The third-order valence-corrected chi connectivity index (χ3v) is 4.41. The van der Waals surface area contributed by atoms with Crippen LogP contribution in [0.3, 0.4) is 0 Å². The van der Waals surface area contributed by atoms with Gasteiger partial charge in [-0.25, -0.2) is 0 Å². The number of rotatable bonds is 6. The lowest BCUT2D eigenvalue weighted by molar-refractivity contribution is -0.116. The van der Waals surface area contributed by atoms with Crippen LogP contribution in [0.2, 0.25) is 0 Å². The average Bonchev–Trinajstić information content (AvgIpc) is 2.68. The molecule has 1 N–H and O–H groups in total. The molecule has 5 nitrogen and oxygen atoms in total. The fourth-order valence-corrected chi connectivity index (χ4v) is 3.06. The summed E-state index contributed by atoms with van der Waals surface area (Å²) >= 11 is 0. The SMILES string of the molecule is O=C(CCC(=O)c1cccnc1)Nc1cccc(N2CCCCC2)c1. The molecule has 1 fully saturated rings. The van der Waals surface area contributed by atoms with E-state index in [1.165, 1.54) is 25.5 Å². The van der Waals surface area contributed by atoms with E-state index in [0.717, 1.165) is 24.5 Å². The summed E-state index contributed by atoms with van der Waals surface area (Å²) in [5.41, 5.74) is 2.47. The van der Waals surface area contributed by atoms with Crippen LogP contribution in [0.5, 0.6) is 0 Å². The van der Waals surface area contributed by atoms with Crippen molar-refractivity contribution >= 4 is 23.1 Å². The maximum atomic E-state index is 12.1. The van der Waals surface area contributed by atoms with E-state index in [2.05, 4.69) is 21.3 Å². The van der Waals surface area contributed by atoms with Gasteiger partial charge in [-0.15, -0.1) is 0 Å². The number of anilines is 2. The number of nitrogens with zero attached hydrogens (tertiary/aromatic N) is 2. The molecule has 1 saturated heterocycles. The van der Waals surface area contributed by atoms with Crippen molar-refractivity contribution in [2.24, 2.45) is 0 Å². The highest BCUT2D eigenvalue weighted by atomic mass is 16.2. The van der Waals surface area contributed by atoms with Crippen LogP contribution in [-0.2, 0) is 4.79 Å². The highest BCUT2D eigenvalue weighted by Crippen LogP contribution is 2.23. The minimum absolute atomic E-state index is 0.0645. The lowest BCUT2D eigenvalue weighted by Crippen LogP contribution is -2.29. The quantitative estimate of drug-likeness (QED) is 0.817. The summed E-state index contributed by atoms with van der Waals surface area (Å²) in [7, 11) is 0. The van der Waals surface area contributed by atoms with Gasteiger partial charge < -0.3 is 10.2 Å². The lowest BCUT2D eigenvalue weighted by Gasteiger charge is -2.29. The van der Waals surface area contributed by atoms with E-state index >= 15 is 0 Å². The summed E-state index contributed by atoms with van der Waals surface area (Å²) in [5, 5.41) is 2.89. The first kappa shape index (κ1) is 17.1. The number of hydrogen-bond acceptors (Lipinski definition) is 4. The van der Waals surface area contributed by atoms with Crippen LogP contribution in [0.25, 0.3) is 0 Å². The van der Waals surface area contributed by atoms with Gasteiger partial charge in [-0.05, 0) is 49.6 Å². The Morgan fingerprint density at radius 1 is 1.04 bits per heavy atom. The summed E-state index contributed by atoms with van der Waals surface area (Å²) in [6.07, 6.45) is 7.23. The smallest absolute Gasteiger partial charge is 0.224 e. The Kier molecular flexibility index (Phi) is 5.77. The van der Waals surface area contributed by atoms with E-state index in [1.54, 1.807) is 18.3 Å². The molecule has 0 bridgehead atoms. The number of carbonyl (C=O) groups is 2. The second kappa shape index (κ2) is 8.42. The molecule has 1 aromatic carbocycles. The highest BCUT2D eigenvalue weighted by molar-refractivity contribution is 5.99. The Labute approximate surface area is 148 Å². The summed E-state index contributed by atoms with van der Waals surface area (Å²) in [6, 6.07) is 11.4. The van der Waals surface area contributed by atoms with Crippen molar-refractivity contribution in [1.29, 1.82) is 0 Å². The third-order valence-electron chi connectivity index (χ3n) is 4.41. The monoisotopic (exact) mass is 337 g/mol. The maximum Gasteiger partial charge on any atom is 0.224 e. The first-order chi connectivity index (χ1) is 12.2. The molecule has 5 heteroatoms. The van der Waals surface area contributed by atoms with Crippen molar-refractivity contribution in [1.82, 2.24) is 4.98 Å². The normalized spacial score (nSPS) is 14.2. The standard InChI is InChI=1S/C20H23N3O2/c24-19(16-6-5-11-21-15-16)9-10-20(25)22-17-7-4-8-18(14-17)23-12-2-1-3-13-23/h4-8,11,14-15H,1-3,9-10,12-13H2,(H,22,25).